The fraction of sp³-hybridized carbons (Fsp3) is 0.440. The summed E-state index contributed by atoms with van der Waals surface area (Å²) in [7, 11) is 0. The molecule has 1 heterocycles. The van der Waals surface area contributed by atoms with Crippen molar-refractivity contribution in [2.24, 2.45) is 0 Å². The van der Waals surface area contributed by atoms with Gasteiger partial charge in [0.15, 0.2) is 0 Å². The molecule has 0 aromatic heterocycles. The SMILES string of the molecule is Cc1cccc(OCCC(=O)N2CCC(NC(=O)CCc3ccccc3)CC2)c1C. The number of rotatable bonds is 8. The van der Waals surface area contributed by atoms with Gasteiger partial charge in [0.05, 0.1) is 13.0 Å². The van der Waals surface area contributed by atoms with E-state index in [0.29, 0.717) is 32.5 Å². The molecule has 2 amide bonds. The van der Waals surface area contributed by atoms with Crippen molar-refractivity contribution in [3.8, 4) is 5.75 Å². The second kappa shape index (κ2) is 10.8. The molecule has 5 nitrogen and oxygen atoms in total. The van der Waals surface area contributed by atoms with Gasteiger partial charge in [-0.15, -0.1) is 0 Å². The summed E-state index contributed by atoms with van der Waals surface area (Å²) in [6, 6.07) is 16.2. The molecule has 0 spiro atoms. The molecule has 0 saturated carbocycles. The molecular formula is C25H32N2O3. The Balaban J connectivity index is 1.34. The fourth-order valence-electron chi connectivity index (χ4n) is 3.76. The summed E-state index contributed by atoms with van der Waals surface area (Å²) < 4.78 is 5.81. The molecule has 0 unspecified atom stereocenters. The molecule has 0 radical (unpaired) electrons. The first-order valence-corrected chi connectivity index (χ1v) is 10.8. The number of likely N-dealkylation sites (tertiary alicyclic amines) is 1. The van der Waals surface area contributed by atoms with Gasteiger partial charge in [-0.05, 0) is 55.9 Å². The maximum absolute atomic E-state index is 12.5. The second-order valence-electron chi connectivity index (χ2n) is 8.00. The second-order valence-corrected chi connectivity index (χ2v) is 8.00. The number of amides is 2. The highest BCUT2D eigenvalue weighted by Crippen LogP contribution is 2.21. The highest BCUT2D eigenvalue weighted by Gasteiger charge is 2.23. The van der Waals surface area contributed by atoms with E-state index in [0.717, 1.165) is 30.6 Å². The molecule has 160 valence electrons. The van der Waals surface area contributed by atoms with Crippen molar-refractivity contribution in [1.29, 1.82) is 0 Å². The molecule has 1 aliphatic rings. The van der Waals surface area contributed by atoms with Crippen LogP contribution in [0.25, 0.3) is 0 Å². The summed E-state index contributed by atoms with van der Waals surface area (Å²) in [5, 5.41) is 3.12. The molecule has 1 aliphatic heterocycles. The minimum Gasteiger partial charge on any atom is -0.493 e. The summed E-state index contributed by atoms with van der Waals surface area (Å²) in [6.45, 7) is 5.85. The van der Waals surface area contributed by atoms with Crippen molar-refractivity contribution >= 4 is 11.8 Å². The number of nitrogens with zero attached hydrogens (tertiary/aromatic N) is 1. The quantitative estimate of drug-likeness (QED) is 0.723. The van der Waals surface area contributed by atoms with Crippen molar-refractivity contribution in [3.63, 3.8) is 0 Å². The van der Waals surface area contributed by atoms with Crippen molar-refractivity contribution in [2.75, 3.05) is 19.7 Å². The third-order valence-corrected chi connectivity index (χ3v) is 5.82. The predicted octanol–water partition coefficient (Wildman–Crippen LogP) is 3.81. The molecule has 5 heteroatoms. The number of hydrogen-bond donors (Lipinski definition) is 1. The Morgan fingerprint density at radius 2 is 1.73 bits per heavy atom. The van der Waals surface area contributed by atoms with E-state index in [1.165, 1.54) is 11.1 Å². The van der Waals surface area contributed by atoms with Gasteiger partial charge in [0.1, 0.15) is 5.75 Å². The molecule has 2 aromatic rings. The van der Waals surface area contributed by atoms with Gasteiger partial charge in [-0.1, -0.05) is 42.5 Å². The largest absolute Gasteiger partial charge is 0.493 e. The average molecular weight is 409 g/mol. The van der Waals surface area contributed by atoms with Crippen LogP contribution in [0.15, 0.2) is 48.5 Å². The normalized spacial score (nSPS) is 14.4. The van der Waals surface area contributed by atoms with Crippen LogP contribution in [0, 0.1) is 13.8 Å². The maximum Gasteiger partial charge on any atom is 0.225 e. The highest BCUT2D eigenvalue weighted by molar-refractivity contribution is 5.77. The minimum absolute atomic E-state index is 0.0885. The van der Waals surface area contributed by atoms with E-state index in [9.17, 15) is 9.59 Å². The van der Waals surface area contributed by atoms with Crippen molar-refractivity contribution in [3.05, 3.63) is 65.2 Å². The first kappa shape index (κ1) is 21.9. The van der Waals surface area contributed by atoms with Crippen LogP contribution in [-0.2, 0) is 16.0 Å². The molecule has 2 aromatic carbocycles. The van der Waals surface area contributed by atoms with Crippen LogP contribution in [0.3, 0.4) is 0 Å². The summed E-state index contributed by atoms with van der Waals surface area (Å²) in [5.41, 5.74) is 3.48. The number of nitrogens with one attached hydrogen (secondary N) is 1. The number of benzene rings is 2. The first-order valence-electron chi connectivity index (χ1n) is 10.8. The molecule has 0 aliphatic carbocycles. The van der Waals surface area contributed by atoms with E-state index < -0.39 is 0 Å². The summed E-state index contributed by atoms with van der Waals surface area (Å²) in [4.78, 5) is 26.6. The average Bonchev–Trinajstić information content (AvgIpc) is 2.76. The molecule has 3 rings (SSSR count). The van der Waals surface area contributed by atoms with Crippen molar-refractivity contribution < 1.29 is 14.3 Å². The van der Waals surface area contributed by atoms with Crippen LogP contribution in [0.1, 0.15) is 42.4 Å². The molecule has 1 saturated heterocycles. The van der Waals surface area contributed by atoms with Gasteiger partial charge in [-0.2, -0.15) is 0 Å². The van der Waals surface area contributed by atoms with Gasteiger partial charge in [0, 0.05) is 25.6 Å². The number of hydrogen-bond acceptors (Lipinski definition) is 3. The number of carbonyl (C=O) groups is 2. The van der Waals surface area contributed by atoms with E-state index in [2.05, 4.69) is 18.3 Å². The smallest absolute Gasteiger partial charge is 0.225 e. The Hall–Kier alpha value is -2.82. The van der Waals surface area contributed by atoms with Crippen LogP contribution in [-0.4, -0.2) is 42.5 Å². The van der Waals surface area contributed by atoms with Crippen LogP contribution in [0.5, 0.6) is 5.75 Å². The Morgan fingerprint density at radius 3 is 2.47 bits per heavy atom. The van der Waals surface area contributed by atoms with Crippen molar-refractivity contribution in [1.82, 2.24) is 10.2 Å². The van der Waals surface area contributed by atoms with Crippen molar-refractivity contribution in [2.45, 2.75) is 52.0 Å². The lowest BCUT2D eigenvalue weighted by molar-refractivity contribution is -0.132. The third kappa shape index (κ3) is 6.34. The molecule has 0 bridgehead atoms. The van der Waals surface area contributed by atoms with E-state index in [4.69, 9.17) is 4.74 Å². The monoisotopic (exact) mass is 408 g/mol. The van der Waals surface area contributed by atoms with Gasteiger partial charge < -0.3 is 15.0 Å². The topological polar surface area (TPSA) is 58.6 Å². The Bertz CT molecular complexity index is 843. The molecule has 1 fully saturated rings. The summed E-state index contributed by atoms with van der Waals surface area (Å²) >= 11 is 0. The number of ether oxygens (including phenoxy) is 1. The molecular weight excluding hydrogens is 376 g/mol. The van der Waals surface area contributed by atoms with Gasteiger partial charge in [0.25, 0.3) is 0 Å². The fourth-order valence-corrected chi connectivity index (χ4v) is 3.76. The van der Waals surface area contributed by atoms with Crippen LogP contribution >= 0.6 is 0 Å². The Labute approximate surface area is 179 Å². The third-order valence-electron chi connectivity index (χ3n) is 5.82. The standard InChI is InChI=1S/C25H32N2O3/c1-19-7-6-10-23(20(19)2)30-18-15-25(29)27-16-13-22(14-17-27)26-24(28)12-11-21-8-4-3-5-9-21/h3-10,22H,11-18H2,1-2H3,(H,26,28). The van der Waals surface area contributed by atoms with Gasteiger partial charge in [-0.25, -0.2) is 0 Å². The van der Waals surface area contributed by atoms with Crippen LogP contribution in [0.4, 0.5) is 0 Å². The Morgan fingerprint density at radius 1 is 1.00 bits per heavy atom. The van der Waals surface area contributed by atoms with Gasteiger partial charge in [0.2, 0.25) is 11.8 Å². The molecule has 30 heavy (non-hydrogen) atoms. The number of carbonyl (C=O) groups excluding carboxylic acids is 2. The first-order chi connectivity index (χ1) is 14.5. The number of piperidine rings is 1. The lowest BCUT2D eigenvalue weighted by Crippen LogP contribution is -2.46. The van der Waals surface area contributed by atoms with E-state index in [1.54, 1.807) is 0 Å². The zero-order valence-corrected chi connectivity index (χ0v) is 18.0. The Kier molecular flexibility index (Phi) is 7.89. The molecule has 0 atom stereocenters. The summed E-state index contributed by atoms with van der Waals surface area (Å²) in [6.07, 6.45) is 3.24. The highest BCUT2D eigenvalue weighted by atomic mass is 16.5. The summed E-state index contributed by atoms with van der Waals surface area (Å²) in [5.74, 6) is 1.06. The van der Waals surface area contributed by atoms with E-state index in [-0.39, 0.29) is 17.9 Å². The lowest BCUT2D eigenvalue weighted by Gasteiger charge is -2.32. The molecule has 1 N–H and O–H groups in total. The van der Waals surface area contributed by atoms with Crippen LogP contribution in [0.2, 0.25) is 0 Å². The van der Waals surface area contributed by atoms with Crippen LogP contribution < -0.4 is 10.1 Å². The maximum atomic E-state index is 12.5. The lowest BCUT2D eigenvalue weighted by atomic mass is 10.0. The zero-order valence-electron chi connectivity index (χ0n) is 18.0. The van der Waals surface area contributed by atoms with E-state index in [1.807, 2.05) is 54.3 Å². The van der Waals surface area contributed by atoms with Gasteiger partial charge >= 0.3 is 0 Å². The zero-order chi connectivity index (χ0) is 21.3. The predicted molar refractivity (Wildman–Crippen MR) is 119 cm³/mol. The van der Waals surface area contributed by atoms with E-state index >= 15 is 0 Å². The van der Waals surface area contributed by atoms with Gasteiger partial charge in [-0.3, -0.25) is 9.59 Å². The number of aryl methyl sites for hydroxylation is 2. The minimum atomic E-state index is 0.0885.